The molecular weight excluding hydrogens is 182 g/mol. The van der Waals surface area contributed by atoms with Crippen molar-refractivity contribution in [2.45, 2.75) is 65.3 Å². The second-order valence-corrected chi connectivity index (χ2v) is 5.24. The Morgan fingerprint density at radius 3 is 2.20 bits per heavy atom. The predicted molar refractivity (Wildman–Crippen MR) is 68.0 cm³/mol. The van der Waals surface area contributed by atoms with Gasteiger partial charge in [-0.25, -0.2) is 0 Å². The van der Waals surface area contributed by atoms with Crippen LogP contribution in [0.2, 0.25) is 0 Å². The molecule has 0 heterocycles. The Morgan fingerprint density at radius 2 is 1.53 bits per heavy atom. The van der Waals surface area contributed by atoms with Gasteiger partial charge in [-0.1, -0.05) is 27.2 Å². The van der Waals surface area contributed by atoms with E-state index in [4.69, 9.17) is 0 Å². The maximum Gasteiger partial charge on any atom is 0.00669 e. The van der Waals surface area contributed by atoms with E-state index < -0.39 is 0 Å². The van der Waals surface area contributed by atoms with E-state index in [0.717, 1.165) is 23.8 Å². The highest BCUT2D eigenvalue weighted by atomic mass is 14.9. The lowest BCUT2D eigenvalue weighted by atomic mass is 9.67. The van der Waals surface area contributed by atoms with Crippen LogP contribution < -0.4 is 5.32 Å². The molecule has 0 aromatic rings. The van der Waals surface area contributed by atoms with Gasteiger partial charge in [-0.2, -0.15) is 0 Å². The van der Waals surface area contributed by atoms with Crippen molar-refractivity contribution in [3.8, 4) is 0 Å². The van der Waals surface area contributed by atoms with Gasteiger partial charge in [-0.05, 0) is 56.9 Å². The van der Waals surface area contributed by atoms with E-state index in [1.165, 1.54) is 38.5 Å². The van der Waals surface area contributed by atoms with Crippen molar-refractivity contribution in [3.05, 3.63) is 0 Å². The zero-order chi connectivity index (χ0) is 11.3. The van der Waals surface area contributed by atoms with Gasteiger partial charge in [0, 0.05) is 6.04 Å². The summed E-state index contributed by atoms with van der Waals surface area (Å²) >= 11 is 0. The van der Waals surface area contributed by atoms with Gasteiger partial charge in [0.25, 0.3) is 0 Å². The molecule has 1 nitrogen and oxygen atoms in total. The SMILES string of the molecule is CC.CNC1CCC2CCC(C)CC2C1. The smallest absolute Gasteiger partial charge is 0.00669 e. The van der Waals surface area contributed by atoms with E-state index in [0.29, 0.717) is 0 Å². The summed E-state index contributed by atoms with van der Waals surface area (Å²) < 4.78 is 0. The molecule has 4 unspecified atom stereocenters. The first-order chi connectivity index (χ1) is 7.29. The van der Waals surface area contributed by atoms with Gasteiger partial charge in [0.05, 0.1) is 0 Å². The largest absolute Gasteiger partial charge is 0.317 e. The minimum absolute atomic E-state index is 0.826. The molecule has 2 rings (SSSR count). The van der Waals surface area contributed by atoms with Gasteiger partial charge in [0.2, 0.25) is 0 Å². The number of fused-ring (bicyclic) bond motifs is 1. The molecule has 2 saturated carbocycles. The van der Waals surface area contributed by atoms with Crippen LogP contribution in [0.1, 0.15) is 59.3 Å². The van der Waals surface area contributed by atoms with Gasteiger partial charge in [-0.3, -0.25) is 0 Å². The number of hydrogen-bond acceptors (Lipinski definition) is 1. The van der Waals surface area contributed by atoms with Gasteiger partial charge >= 0.3 is 0 Å². The third kappa shape index (κ3) is 3.48. The first kappa shape index (κ1) is 13.0. The Morgan fingerprint density at radius 1 is 0.867 bits per heavy atom. The molecule has 4 atom stereocenters. The van der Waals surface area contributed by atoms with Crippen molar-refractivity contribution in [1.82, 2.24) is 5.32 Å². The predicted octanol–water partition coefficient (Wildman–Crippen LogP) is 3.84. The molecule has 0 spiro atoms. The van der Waals surface area contributed by atoms with Crippen LogP contribution in [0.25, 0.3) is 0 Å². The van der Waals surface area contributed by atoms with Gasteiger partial charge in [0.1, 0.15) is 0 Å². The van der Waals surface area contributed by atoms with Crippen LogP contribution in [0.5, 0.6) is 0 Å². The van der Waals surface area contributed by atoms with Crippen LogP contribution in [0.15, 0.2) is 0 Å². The maximum atomic E-state index is 3.45. The molecule has 0 aliphatic heterocycles. The number of nitrogens with one attached hydrogen (secondary N) is 1. The average molecular weight is 211 g/mol. The molecule has 1 heteroatoms. The van der Waals surface area contributed by atoms with Crippen molar-refractivity contribution < 1.29 is 0 Å². The minimum atomic E-state index is 0.826. The van der Waals surface area contributed by atoms with Crippen molar-refractivity contribution >= 4 is 0 Å². The summed E-state index contributed by atoms with van der Waals surface area (Å²) in [6.07, 6.45) is 8.87. The minimum Gasteiger partial charge on any atom is -0.317 e. The number of rotatable bonds is 1. The molecule has 0 amide bonds. The Kier molecular flexibility index (Phi) is 5.66. The lowest BCUT2D eigenvalue weighted by molar-refractivity contribution is 0.118. The fourth-order valence-electron chi connectivity index (χ4n) is 3.39. The second kappa shape index (κ2) is 6.52. The van der Waals surface area contributed by atoms with Crippen LogP contribution in [-0.2, 0) is 0 Å². The molecule has 1 N–H and O–H groups in total. The quantitative estimate of drug-likeness (QED) is 0.695. The Hall–Kier alpha value is -0.0400. The summed E-state index contributed by atoms with van der Waals surface area (Å²) in [5, 5.41) is 3.45. The third-order valence-corrected chi connectivity index (χ3v) is 4.28. The van der Waals surface area contributed by atoms with E-state index in [9.17, 15) is 0 Å². The molecule has 15 heavy (non-hydrogen) atoms. The van der Waals surface area contributed by atoms with Crippen molar-refractivity contribution in [1.29, 1.82) is 0 Å². The lowest BCUT2D eigenvalue weighted by Gasteiger charge is -2.41. The molecule has 0 bridgehead atoms. The molecule has 2 aliphatic rings. The van der Waals surface area contributed by atoms with Crippen LogP contribution in [0.4, 0.5) is 0 Å². The monoisotopic (exact) mass is 211 g/mol. The highest BCUT2D eigenvalue weighted by Crippen LogP contribution is 2.42. The summed E-state index contributed by atoms with van der Waals surface area (Å²) in [4.78, 5) is 0. The summed E-state index contributed by atoms with van der Waals surface area (Å²) in [6, 6.07) is 0.826. The zero-order valence-electron chi connectivity index (χ0n) is 11.1. The molecule has 0 aromatic carbocycles. The molecule has 2 fully saturated rings. The van der Waals surface area contributed by atoms with E-state index in [1.54, 1.807) is 0 Å². The standard InChI is InChI=1S/C12H23N.C2H6/c1-9-3-4-10-5-6-12(13-2)8-11(10)7-9;1-2/h9-13H,3-8H2,1-2H3;1-2H3. The second-order valence-electron chi connectivity index (χ2n) is 5.24. The lowest BCUT2D eigenvalue weighted by Crippen LogP contribution is -2.38. The molecule has 0 aromatic heterocycles. The molecular formula is C14H29N. The fraction of sp³-hybridized carbons (Fsp3) is 1.00. The summed E-state index contributed by atoms with van der Waals surface area (Å²) in [5.74, 6) is 3.13. The van der Waals surface area contributed by atoms with Crippen molar-refractivity contribution in [2.75, 3.05) is 7.05 Å². The Balaban J connectivity index is 0.000000531. The Bertz CT molecular complexity index is 167. The topological polar surface area (TPSA) is 12.0 Å². The van der Waals surface area contributed by atoms with E-state index in [1.807, 2.05) is 13.8 Å². The highest BCUT2D eigenvalue weighted by molar-refractivity contribution is 4.87. The van der Waals surface area contributed by atoms with Crippen LogP contribution in [0, 0.1) is 17.8 Å². The van der Waals surface area contributed by atoms with Crippen molar-refractivity contribution in [3.63, 3.8) is 0 Å². The van der Waals surface area contributed by atoms with Gasteiger partial charge in [-0.15, -0.1) is 0 Å². The maximum absolute atomic E-state index is 3.45. The highest BCUT2D eigenvalue weighted by Gasteiger charge is 2.33. The van der Waals surface area contributed by atoms with Crippen molar-refractivity contribution in [2.24, 2.45) is 17.8 Å². The summed E-state index contributed by atoms with van der Waals surface area (Å²) in [6.45, 7) is 6.43. The van der Waals surface area contributed by atoms with Crippen LogP contribution in [0.3, 0.4) is 0 Å². The summed E-state index contributed by atoms with van der Waals surface area (Å²) in [7, 11) is 2.12. The van der Waals surface area contributed by atoms with E-state index in [-0.39, 0.29) is 0 Å². The fourth-order valence-corrected chi connectivity index (χ4v) is 3.39. The van der Waals surface area contributed by atoms with E-state index in [2.05, 4.69) is 19.3 Å². The van der Waals surface area contributed by atoms with Gasteiger partial charge in [0.15, 0.2) is 0 Å². The molecule has 0 saturated heterocycles. The summed E-state index contributed by atoms with van der Waals surface area (Å²) in [5.41, 5.74) is 0. The first-order valence-corrected chi connectivity index (χ1v) is 6.97. The van der Waals surface area contributed by atoms with Gasteiger partial charge < -0.3 is 5.32 Å². The van der Waals surface area contributed by atoms with Crippen LogP contribution >= 0.6 is 0 Å². The normalized spacial score (nSPS) is 40.0. The van der Waals surface area contributed by atoms with E-state index >= 15 is 0 Å². The van der Waals surface area contributed by atoms with Crippen LogP contribution in [-0.4, -0.2) is 13.1 Å². The molecule has 90 valence electrons. The molecule has 0 radical (unpaired) electrons. The first-order valence-electron chi connectivity index (χ1n) is 6.97. The average Bonchev–Trinajstić information content (AvgIpc) is 2.30. The zero-order valence-corrected chi connectivity index (χ0v) is 11.1. The Labute approximate surface area is 96.0 Å². The number of hydrogen-bond donors (Lipinski definition) is 1. The third-order valence-electron chi connectivity index (χ3n) is 4.28. The molecule has 2 aliphatic carbocycles.